The predicted molar refractivity (Wildman–Crippen MR) is 120 cm³/mol. The molecule has 0 spiro atoms. The number of hydrogen-bond donors (Lipinski definition) is 1. The molecule has 6 rings (SSSR count). The Morgan fingerprint density at radius 1 is 1.28 bits per heavy atom. The van der Waals surface area contributed by atoms with E-state index in [1.54, 1.807) is 10.9 Å². The van der Waals surface area contributed by atoms with Crippen molar-refractivity contribution in [2.45, 2.75) is 50.7 Å². The van der Waals surface area contributed by atoms with Crippen LogP contribution in [0.2, 0.25) is 0 Å². The van der Waals surface area contributed by atoms with Crippen molar-refractivity contribution in [1.82, 2.24) is 30.0 Å². The smallest absolute Gasteiger partial charge is 0.252 e. The number of aryl methyl sites for hydroxylation is 1. The first kappa shape index (κ1) is 19.8. The van der Waals surface area contributed by atoms with E-state index >= 15 is 0 Å². The summed E-state index contributed by atoms with van der Waals surface area (Å²) >= 11 is 0. The van der Waals surface area contributed by atoms with E-state index in [-0.39, 0.29) is 12.0 Å². The molecule has 2 unspecified atom stereocenters. The number of pyridine rings is 2. The Morgan fingerprint density at radius 2 is 2.19 bits per heavy atom. The molecule has 1 amide bonds. The minimum absolute atomic E-state index is 0.0332. The summed E-state index contributed by atoms with van der Waals surface area (Å²) in [6.07, 6.45) is 6.46. The van der Waals surface area contributed by atoms with E-state index in [0.717, 1.165) is 49.3 Å². The van der Waals surface area contributed by atoms with Gasteiger partial charge in [0, 0.05) is 36.9 Å². The highest BCUT2D eigenvalue weighted by Gasteiger charge is 2.33. The summed E-state index contributed by atoms with van der Waals surface area (Å²) < 4.78 is 7.78. The van der Waals surface area contributed by atoms with Crippen LogP contribution in [0.1, 0.15) is 53.3 Å². The molecule has 166 valence electrons. The van der Waals surface area contributed by atoms with E-state index in [1.165, 1.54) is 12.8 Å². The lowest BCUT2D eigenvalue weighted by atomic mass is 10.1. The fourth-order valence-electron chi connectivity index (χ4n) is 5.03. The quantitative estimate of drug-likeness (QED) is 0.667. The lowest BCUT2D eigenvalue weighted by Gasteiger charge is -2.35. The number of hydrogen-bond acceptors (Lipinski definition) is 6. The zero-order valence-electron chi connectivity index (χ0n) is 18.3. The summed E-state index contributed by atoms with van der Waals surface area (Å²) in [4.78, 5) is 25.2. The highest BCUT2D eigenvalue weighted by Crippen LogP contribution is 2.40. The van der Waals surface area contributed by atoms with Gasteiger partial charge in [0.2, 0.25) is 0 Å². The van der Waals surface area contributed by atoms with Gasteiger partial charge in [-0.25, -0.2) is 9.97 Å². The summed E-state index contributed by atoms with van der Waals surface area (Å²) in [5.74, 6) is 1.04. The maximum atomic E-state index is 13.4. The molecule has 3 fully saturated rings. The molecule has 3 aliphatic rings. The third kappa shape index (κ3) is 3.57. The Kier molecular flexibility index (Phi) is 4.91. The first-order valence-corrected chi connectivity index (χ1v) is 11.6. The van der Waals surface area contributed by atoms with Crippen molar-refractivity contribution >= 4 is 16.9 Å². The summed E-state index contributed by atoms with van der Waals surface area (Å²) in [5, 5.41) is 8.62. The minimum Gasteiger partial charge on any atom is -0.373 e. The van der Waals surface area contributed by atoms with Gasteiger partial charge in [-0.1, -0.05) is 6.07 Å². The average molecular weight is 433 g/mol. The molecule has 32 heavy (non-hydrogen) atoms. The summed E-state index contributed by atoms with van der Waals surface area (Å²) in [6.45, 7) is 5.23. The van der Waals surface area contributed by atoms with E-state index in [1.807, 2.05) is 31.2 Å². The number of aromatic nitrogens is 4. The van der Waals surface area contributed by atoms with Gasteiger partial charge in [0.1, 0.15) is 0 Å². The summed E-state index contributed by atoms with van der Waals surface area (Å²) in [7, 11) is 0. The molecule has 1 aliphatic carbocycles. The zero-order valence-corrected chi connectivity index (χ0v) is 18.3. The Morgan fingerprint density at radius 3 is 3.00 bits per heavy atom. The van der Waals surface area contributed by atoms with Crippen molar-refractivity contribution in [3.8, 4) is 5.82 Å². The highest BCUT2D eigenvalue weighted by atomic mass is 16.5. The Hall–Kier alpha value is -2.84. The first-order valence-electron chi connectivity index (χ1n) is 11.6. The number of fused-ring (bicyclic) bond motifs is 2. The molecule has 8 nitrogen and oxygen atoms in total. The maximum absolute atomic E-state index is 13.4. The van der Waals surface area contributed by atoms with Crippen molar-refractivity contribution < 1.29 is 9.53 Å². The molecule has 3 aromatic rings. The number of amides is 1. The fraction of sp³-hybridized carbons (Fsp3) is 0.500. The lowest BCUT2D eigenvalue weighted by molar-refractivity contribution is -0.0461. The number of rotatable bonds is 5. The molecule has 1 saturated carbocycles. The van der Waals surface area contributed by atoms with Crippen LogP contribution in [0.5, 0.6) is 0 Å². The molecule has 8 heteroatoms. The molecule has 5 heterocycles. The van der Waals surface area contributed by atoms with Crippen LogP contribution in [0.15, 0.2) is 30.5 Å². The number of nitrogens with zero attached hydrogens (tertiary/aromatic N) is 5. The van der Waals surface area contributed by atoms with E-state index in [2.05, 4.69) is 15.2 Å². The van der Waals surface area contributed by atoms with Crippen LogP contribution in [0.3, 0.4) is 0 Å². The van der Waals surface area contributed by atoms with Gasteiger partial charge in [0.25, 0.3) is 5.91 Å². The molecular weight excluding hydrogens is 404 g/mol. The van der Waals surface area contributed by atoms with E-state index in [9.17, 15) is 4.79 Å². The zero-order chi connectivity index (χ0) is 21.7. The third-order valence-electron chi connectivity index (χ3n) is 6.89. The third-order valence-corrected chi connectivity index (χ3v) is 6.89. The van der Waals surface area contributed by atoms with Gasteiger partial charge in [0.15, 0.2) is 11.5 Å². The van der Waals surface area contributed by atoms with Crippen LogP contribution >= 0.6 is 0 Å². The van der Waals surface area contributed by atoms with Crippen molar-refractivity contribution in [3.63, 3.8) is 0 Å². The minimum atomic E-state index is -0.0879. The molecular formula is C24H28N6O2. The number of nitrogens with one attached hydrogen (secondary N) is 1. The normalized spacial score (nSPS) is 23.4. The van der Waals surface area contributed by atoms with Gasteiger partial charge < -0.3 is 10.1 Å². The second-order valence-electron chi connectivity index (χ2n) is 9.21. The van der Waals surface area contributed by atoms with Gasteiger partial charge >= 0.3 is 0 Å². The maximum Gasteiger partial charge on any atom is 0.252 e. The van der Waals surface area contributed by atoms with Crippen molar-refractivity contribution in [2.24, 2.45) is 0 Å². The standard InChI is InChI=1S/C24H28N6O2/c1-15-22-19(24(31)26-12-18-13-29-10-4-5-17(29)14-32-18)11-20(16-7-8-16)27-23(22)30(28-15)21-6-2-3-9-25-21/h2-3,6,9,11,16-18H,4-5,7-8,10,12-14H2,1H3,(H,26,31). The molecule has 0 bridgehead atoms. The second kappa shape index (κ2) is 7.94. The molecule has 0 radical (unpaired) electrons. The number of morpholine rings is 1. The van der Waals surface area contributed by atoms with Crippen LogP contribution in [0.4, 0.5) is 0 Å². The van der Waals surface area contributed by atoms with Gasteiger partial charge in [0.05, 0.1) is 29.4 Å². The highest BCUT2D eigenvalue weighted by molar-refractivity contribution is 6.06. The Bertz CT molecular complexity index is 1160. The van der Waals surface area contributed by atoms with Crippen LogP contribution in [0, 0.1) is 6.92 Å². The predicted octanol–water partition coefficient (Wildman–Crippen LogP) is 2.59. The number of carbonyl (C=O) groups is 1. The number of carbonyl (C=O) groups excluding carboxylic acids is 1. The van der Waals surface area contributed by atoms with E-state index in [4.69, 9.17) is 14.8 Å². The summed E-state index contributed by atoms with van der Waals surface area (Å²) in [6, 6.07) is 8.23. The summed E-state index contributed by atoms with van der Waals surface area (Å²) in [5.41, 5.74) is 3.09. The average Bonchev–Trinajstić information content (AvgIpc) is 3.48. The van der Waals surface area contributed by atoms with Crippen LogP contribution in [-0.2, 0) is 4.74 Å². The van der Waals surface area contributed by atoms with Crippen LogP contribution in [0.25, 0.3) is 16.9 Å². The van der Waals surface area contributed by atoms with Crippen LogP contribution < -0.4 is 5.32 Å². The van der Waals surface area contributed by atoms with E-state index in [0.29, 0.717) is 35.5 Å². The van der Waals surface area contributed by atoms with Crippen molar-refractivity contribution in [3.05, 3.63) is 47.4 Å². The molecule has 2 saturated heterocycles. The fourth-order valence-corrected chi connectivity index (χ4v) is 5.03. The van der Waals surface area contributed by atoms with Crippen LogP contribution in [-0.4, -0.2) is 68.9 Å². The monoisotopic (exact) mass is 432 g/mol. The molecule has 3 aromatic heterocycles. The number of ether oxygens (including phenoxy) is 1. The van der Waals surface area contributed by atoms with Gasteiger partial charge in [-0.05, 0) is 57.4 Å². The first-order chi connectivity index (χ1) is 15.7. The Labute approximate surface area is 187 Å². The SMILES string of the molecule is Cc1nn(-c2ccccn2)c2nc(C3CC3)cc(C(=O)NCC3CN4CCCC4CO3)c12. The molecule has 1 N–H and O–H groups in total. The van der Waals surface area contributed by atoms with E-state index < -0.39 is 0 Å². The van der Waals surface area contributed by atoms with Crippen molar-refractivity contribution in [2.75, 3.05) is 26.2 Å². The van der Waals surface area contributed by atoms with Gasteiger partial charge in [-0.2, -0.15) is 9.78 Å². The molecule has 2 aliphatic heterocycles. The van der Waals surface area contributed by atoms with Gasteiger partial charge in [-0.3, -0.25) is 9.69 Å². The molecule has 0 aromatic carbocycles. The van der Waals surface area contributed by atoms with Crippen molar-refractivity contribution in [1.29, 1.82) is 0 Å². The van der Waals surface area contributed by atoms with Gasteiger partial charge in [-0.15, -0.1) is 0 Å². The Balaban J connectivity index is 1.30. The largest absolute Gasteiger partial charge is 0.373 e. The second-order valence-corrected chi connectivity index (χ2v) is 9.21. The molecule has 2 atom stereocenters. The topological polar surface area (TPSA) is 85.2 Å². The lowest BCUT2D eigenvalue weighted by Crippen LogP contribution is -2.50.